The SMILES string of the molecule is C/N=C(\N=C(/C)c1ccc(-c2ccccc2C)c(OC)c1)c1ccccc1OC(F)(F)F. The van der Waals surface area contributed by atoms with Gasteiger partial charge in [-0.25, -0.2) is 4.99 Å². The molecule has 3 rings (SSSR count). The number of para-hydroxylation sites is 1. The number of hydrogen-bond donors (Lipinski definition) is 0. The van der Waals surface area contributed by atoms with Gasteiger partial charge in [0.05, 0.1) is 12.7 Å². The number of nitrogens with zero attached hydrogens (tertiary/aromatic N) is 2. The van der Waals surface area contributed by atoms with Crippen molar-refractivity contribution < 1.29 is 22.6 Å². The first-order chi connectivity index (χ1) is 15.2. The fraction of sp³-hybridized carbons (Fsp3) is 0.200. The summed E-state index contributed by atoms with van der Waals surface area (Å²) in [5.41, 5.74) is 4.59. The van der Waals surface area contributed by atoms with E-state index in [1.807, 2.05) is 49.4 Å². The monoisotopic (exact) mass is 440 g/mol. The molecule has 0 atom stereocenters. The lowest BCUT2D eigenvalue weighted by Crippen LogP contribution is -2.19. The van der Waals surface area contributed by atoms with Gasteiger partial charge in [0.25, 0.3) is 0 Å². The Morgan fingerprint density at radius 3 is 2.22 bits per heavy atom. The van der Waals surface area contributed by atoms with Crippen molar-refractivity contribution in [1.29, 1.82) is 0 Å². The summed E-state index contributed by atoms with van der Waals surface area (Å²) >= 11 is 0. The van der Waals surface area contributed by atoms with Gasteiger partial charge in [-0.3, -0.25) is 4.99 Å². The van der Waals surface area contributed by atoms with Crippen LogP contribution in [0.1, 0.15) is 23.6 Å². The molecule has 0 fully saturated rings. The minimum atomic E-state index is -4.81. The molecule has 4 nitrogen and oxygen atoms in total. The molecule has 0 aliphatic carbocycles. The third kappa shape index (κ3) is 5.35. The van der Waals surface area contributed by atoms with Gasteiger partial charge in [0.15, 0.2) is 5.84 Å². The maximum Gasteiger partial charge on any atom is 0.573 e. The van der Waals surface area contributed by atoms with Crippen molar-refractivity contribution in [1.82, 2.24) is 0 Å². The first-order valence-corrected chi connectivity index (χ1v) is 9.85. The number of rotatable bonds is 5. The average molecular weight is 440 g/mol. The summed E-state index contributed by atoms with van der Waals surface area (Å²) in [5, 5.41) is 0. The highest BCUT2D eigenvalue weighted by Crippen LogP contribution is 2.33. The Labute approximate surface area is 185 Å². The second-order valence-corrected chi connectivity index (χ2v) is 7.02. The van der Waals surface area contributed by atoms with Gasteiger partial charge in [-0.2, -0.15) is 0 Å². The molecule has 0 saturated heterocycles. The molecule has 0 aliphatic rings. The molecule has 0 amide bonds. The van der Waals surface area contributed by atoms with Gasteiger partial charge in [-0.15, -0.1) is 13.2 Å². The lowest BCUT2D eigenvalue weighted by Gasteiger charge is -2.14. The number of ether oxygens (including phenoxy) is 2. The molecule has 0 aliphatic heterocycles. The van der Waals surface area contributed by atoms with Gasteiger partial charge in [0.2, 0.25) is 0 Å². The summed E-state index contributed by atoms with van der Waals surface area (Å²) in [6.45, 7) is 3.79. The van der Waals surface area contributed by atoms with Crippen LogP contribution in [0.15, 0.2) is 76.7 Å². The third-order valence-corrected chi connectivity index (χ3v) is 4.89. The highest BCUT2D eigenvalue weighted by Gasteiger charge is 2.32. The van der Waals surface area contributed by atoms with Gasteiger partial charge >= 0.3 is 6.36 Å². The minimum Gasteiger partial charge on any atom is -0.496 e. The van der Waals surface area contributed by atoms with E-state index in [0.717, 1.165) is 22.3 Å². The zero-order chi connectivity index (χ0) is 23.3. The summed E-state index contributed by atoms with van der Waals surface area (Å²) < 4.78 is 48.1. The first kappa shape index (κ1) is 23.1. The molecule has 0 spiro atoms. The molecule has 0 N–H and O–H groups in total. The molecule has 32 heavy (non-hydrogen) atoms. The van der Waals surface area contributed by atoms with Crippen molar-refractivity contribution >= 4 is 11.5 Å². The van der Waals surface area contributed by atoms with E-state index >= 15 is 0 Å². The van der Waals surface area contributed by atoms with Crippen molar-refractivity contribution in [2.75, 3.05) is 14.2 Å². The maximum absolute atomic E-state index is 12.8. The van der Waals surface area contributed by atoms with E-state index in [1.54, 1.807) is 20.1 Å². The van der Waals surface area contributed by atoms with Crippen LogP contribution in [-0.2, 0) is 0 Å². The molecule has 0 bridgehead atoms. The van der Waals surface area contributed by atoms with Crippen molar-refractivity contribution in [2.45, 2.75) is 20.2 Å². The maximum atomic E-state index is 12.8. The van der Waals surface area contributed by atoms with Crippen LogP contribution in [0.2, 0.25) is 0 Å². The first-order valence-electron chi connectivity index (χ1n) is 9.85. The number of aryl methyl sites for hydroxylation is 1. The summed E-state index contributed by atoms with van der Waals surface area (Å²) in [6.07, 6.45) is -4.81. The lowest BCUT2D eigenvalue weighted by molar-refractivity contribution is -0.274. The molecule has 0 heterocycles. The number of alkyl halides is 3. The zero-order valence-corrected chi connectivity index (χ0v) is 18.2. The number of methoxy groups -OCH3 is 1. The van der Waals surface area contributed by atoms with Gasteiger partial charge in [-0.05, 0) is 54.8 Å². The molecular formula is C25H23F3N2O2. The molecule has 3 aromatic rings. The lowest BCUT2D eigenvalue weighted by atomic mass is 9.97. The van der Waals surface area contributed by atoms with Crippen LogP contribution in [-0.4, -0.2) is 32.1 Å². The molecule has 7 heteroatoms. The predicted molar refractivity (Wildman–Crippen MR) is 121 cm³/mol. The van der Waals surface area contributed by atoms with E-state index in [2.05, 4.69) is 14.7 Å². The normalized spacial score (nSPS) is 12.6. The second-order valence-electron chi connectivity index (χ2n) is 7.02. The van der Waals surface area contributed by atoms with Crippen molar-refractivity contribution in [2.24, 2.45) is 9.98 Å². The van der Waals surface area contributed by atoms with Crippen LogP contribution >= 0.6 is 0 Å². The van der Waals surface area contributed by atoms with Crippen LogP contribution in [0.25, 0.3) is 11.1 Å². The fourth-order valence-electron chi connectivity index (χ4n) is 3.33. The summed E-state index contributed by atoms with van der Waals surface area (Å²) in [7, 11) is 3.06. The standard InChI is InChI=1S/C25H23F3N2O2/c1-16-9-5-6-10-19(16)20-14-13-18(15-23(20)31-4)17(2)30-24(29-3)21-11-7-8-12-22(21)32-25(26,27)28/h5-15H,1-4H3/b29-24-,30-17+. The van der Waals surface area contributed by atoms with E-state index < -0.39 is 6.36 Å². The Balaban J connectivity index is 1.99. The molecule has 0 unspecified atom stereocenters. The Kier molecular flexibility index (Phi) is 6.98. The van der Waals surface area contributed by atoms with Crippen molar-refractivity contribution in [3.8, 4) is 22.6 Å². The average Bonchev–Trinajstić information content (AvgIpc) is 2.77. The fourth-order valence-corrected chi connectivity index (χ4v) is 3.33. The van der Waals surface area contributed by atoms with Crippen molar-refractivity contribution in [3.63, 3.8) is 0 Å². The Bertz CT molecular complexity index is 1170. The number of aliphatic imine (C=N–C) groups is 2. The van der Waals surface area contributed by atoms with E-state index in [4.69, 9.17) is 4.74 Å². The minimum absolute atomic E-state index is 0.129. The quantitative estimate of drug-likeness (QED) is 0.338. The zero-order valence-electron chi connectivity index (χ0n) is 18.2. The Hall–Kier alpha value is -3.61. The number of benzene rings is 3. The van der Waals surface area contributed by atoms with Gasteiger partial charge in [0, 0.05) is 18.3 Å². The smallest absolute Gasteiger partial charge is 0.496 e. The molecular weight excluding hydrogens is 417 g/mol. The Morgan fingerprint density at radius 1 is 0.875 bits per heavy atom. The van der Waals surface area contributed by atoms with Crippen molar-refractivity contribution in [3.05, 3.63) is 83.4 Å². The van der Waals surface area contributed by atoms with Gasteiger partial charge in [0.1, 0.15) is 11.5 Å². The van der Waals surface area contributed by atoms with E-state index in [1.165, 1.54) is 25.2 Å². The summed E-state index contributed by atoms with van der Waals surface area (Å²) in [6, 6.07) is 19.5. The summed E-state index contributed by atoms with van der Waals surface area (Å²) in [4.78, 5) is 8.57. The highest BCUT2D eigenvalue weighted by atomic mass is 19.4. The Morgan fingerprint density at radius 2 is 1.56 bits per heavy atom. The van der Waals surface area contributed by atoms with Crippen LogP contribution in [0.3, 0.4) is 0 Å². The predicted octanol–water partition coefficient (Wildman–Crippen LogP) is 6.45. The number of halogens is 3. The topological polar surface area (TPSA) is 43.2 Å². The van der Waals surface area contributed by atoms with Gasteiger partial charge < -0.3 is 9.47 Å². The highest BCUT2D eigenvalue weighted by molar-refractivity contribution is 6.12. The molecule has 3 aromatic carbocycles. The van der Waals surface area contributed by atoms with Crippen LogP contribution in [0, 0.1) is 6.92 Å². The van der Waals surface area contributed by atoms with Gasteiger partial charge in [-0.1, -0.05) is 42.5 Å². The molecule has 166 valence electrons. The third-order valence-electron chi connectivity index (χ3n) is 4.89. The van der Waals surface area contributed by atoms with E-state index in [9.17, 15) is 13.2 Å². The molecule has 0 aromatic heterocycles. The second kappa shape index (κ2) is 9.68. The van der Waals surface area contributed by atoms with Crippen LogP contribution in [0.5, 0.6) is 11.5 Å². The van der Waals surface area contributed by atoms with E-state index in [-0.39, 0.29) is 17.1 Å². The van der Waals surface area contributed by atoms with Crippen LogP contribution in [0.4, 0.5) is 13.2 Å². The molecule has 0 saturated carbocycles. The summed E-state index contributed by atoms with van der Waals surface area (Å²) in [5.74, 6) is 0.441. The van der Waals surface area contributed by atoms with Crippen LogP contribution < -0.4 is 9.47 Å². The molecule has 0 radical (unpaired) electrons. The van der Waals surface area contributed by atoms with E-state index in [0.29, 0.717) is 11.5 Å². The number of amidine groups is 1. The largest absolute Gasteiger partial charge is 0.573 e. The number of hydrogen-bond acceptors (Lipinski definition) is 3.